The monoisotopic (exact) mass is 437 g/mol. The molecule has 4 rings (SSSR count). The minimum Gasteiger partial charge on any atom is -0.353 e. The third-order valence-corrected chi connectivity index (χ3v) is 6.53. The van der Waals surface area contributed by atoms with E-state index in [0.717, 1.165) is 27.5 Å². The lowest BCUT2D eigenvalue weighted by atomic mass is 10.00. The number of para-hydroxylation sites is 1. The second-order valence-electron chi connectivity index (χ2n) is 7.83. The number of nitrogens with zero attached hydrogens (tertiary/aromatic N) is 4. The molecule has 2 amide bonds. The van der Waals surface area contributed by atoms with Gasteiger partial charge in [0.05, 0.1) is 24.5 Å². The molecular formula is C23H27N5O2S. The van der Waals surface area contributed by atoms with E-state index in [-0.39, 0.29) is 18.4 Å². The minimum atomic E-state index is -0.537. The lowest BCUT2D eigenvalue weighted by Crippen LogP contribution is -2.53. The molecule has 7 nitrogen and oxygen atoms in total. The summed E-state index contributed by atoms with van der Waals surface area (Å²) in [6.07, 6.45) is 0. The van der Waals surface area contributed by atoms with Gasteiger partial charge in [-0.15, -0.1) is 11.3 Å². The van der Waals surface area contributed by atoms with Crippen molar-refractivity contribution in [3.05, 3.63) is 69.7 Å². The molecule has 1 saturated heterocycles. The number of hydrogen-bond donors (Lipinski definition) is 1. The standard InChI is InChI=1S/C23H27N5O2S/c1-16-21(17(2)28(25-16)18-8-5-4-6-9-18)22-23(30)24-11-12-27(22)15-20(29)26(3)14-19-10-7-13-31-19/h4-10,13,22H,11-12,14-15H2,1-3H3,(H,24,30). The highest BCUT2D eigenvalue weighted by Gasteiger charge is 2.36. The van der Waals surface area contributed by atoms with Gasteiger partial charge in [-0.2, -0.15) is 5.10 Å². The summed E-state index contributed by atoms with van der Waals surface area (Å²) in [7, 11) is 1.81. The number of amides is 2. The summed E-state index contributed by atoms with van der Waals surface area (Å²) in [5.74, 6) is -0.0855. The summed E-state index contributed by atoms with van der Waals surface area (Å²) < 4.78 is 1.87. The van der Waals surface area contributed by atoms with E-state index in [2.05, 4.69) is 5.32 Å². The van der Waals surface area contributed by atoms with Gasteiger partial charge < -0.3 is 10.2 Å². The fourth-order valence-electron chi connectivity index (χ4n) is 4.09. The molecule has 0 saturated carbocycles. The van der Waals surface area contributed by atoms with Crippen LogP contribution in [0, 0.1) is 13.8 Å². The van der Waals surface area contributed by atoms with Gasteiger partial charge in [-0.1, -0.05) is 24.3 Å². The molecule has 1 atom stereocenters. The summed E-state index contributed by atoms with van der Waals surface area (Å²) in [5.41, 5.74) is 3.53. The topological polar surface area (TPSA) is 70.5 Å². The van der Waals surface area contributed by atoms with Crippen molar-refractivity contribution < 1.29 is 9.59 Å². The van der Waals surface area contributed by atoms with Gasteiger partial charge in [-0.3, -0.25) is 14.5 Å². The number of hydrogen-bond acceptors (Lipinski definition) is 5. The third kappa shape index (κ3) is 4.40. The molecule has 31 heavy (non-hydrogen) atoms. The van der Waals surface area contributed by atoms with Crippen molar-refractivity contribution in [1.29, 1.82) is 0 Å². The predicted octanol–water partition coefficient (Wildman–Crippen LogP) is 2.68. The van der Waals surface area contributed by atoms with Crippen LogP contribution in [0.2, 0.25) is 0 Å². The maximum absolute atomic E-state index is 13.0. The Labute approximate surface area is 186 Å². The molecule has 0 radical (unpaired) electrons. The van der Waals surface area contributed by atoms with Crippen molar-refractivity contribution in [2.75, 3.05) is 26.7 Å². The zero-order chi connectivity index (χ0) is 22.0. The Hall–Kier alpha value is -2.97. The van der Waals surface area contributed by atoms with Crippen LogP contribution in [-0.4, -0.2) is 58.1 Å². The first kappa shape index (κ1) is 21.3. The quantitative estimate of drug-likeness (QED) is 0.644. The van der Waals surface area contributed by atoms with Crippen LogP contribution >= 0.6 is 11.3 Å². The van der Waals surface area contributed by atoms with Crippen molar-refractivity contribution in [2.24, 2.45) is 0 Å². The number of likely N-dealkylation sites (N-methyl/N-ethyl adjacent to an activating group) is 1. The van der Waals surface area contributed by atoms with Crippen LogP contribution in [0.1, 0.15) is 27.9 Å². The van der Waals surface area contributed by atoms with Gasteiger partial charge >= 0.3 is 0 Å². The summed E-state index contributed by atoms with van der Waals surface area (Å²) in [4.78, 5) is 30.7. The third-order valence-electron chi connectivity index (χ3n) is 5.67. The lowest BCUT2D eigenvalue weighted by molar-refractivity contribution is -0.136. The van der Waals surface area contributed by atoms with Crippen molar-refractivity contribution in [3.63, 3.8) is 0 Å². The Kier molecular flexibility index (Phi) is 6.20. The summed E-state index contributed by atoms with van der Waals surface area (Å²) in [6, 6.07) is 13.3. The predicted molar refractivity (Wildman–Crippen MR) is 121 cm³/mol. The average Bonchev–Trinajstić information content (AvgIpc) is 3.37. The number of rotatable bonds is 6. The van der Waals surface area contributed by atoms with Gasteiger partial charge in [0.2, 0.25) is 11.8 Å². The maximum atomic E-state index is 13.0. The number of aryl methyl sites for hydroxylation is 1. The molecule has 1 aromatic carbocycles. The number of thiophene rings is 1. The zero-order valence-electron chi connectivity index (χ0n) is 18.0. The highest BCUT2D eigenvalue weighted by atomic mass is 32.1. The van der Waals surface area contributed by atoms with E-state index in [1.165, 1.54) is 0 Å². The van der Waals surface area contributed by atoms with Crippen LogP contribution in [0.5, 0.6) is 0 Å². The Morgan fingerprint density at radius 2 is 2.00 bits per heavy atom. The first-order valence-electron chi connectivity index (χ1n) is 10.4. The molecule has 162 valence electrons. The van der Waals surface area contributed by atoms with E-state index in [4.69, 9.17) is 5.10 Å². The van der Waals surface area contributed by atoms with Crippen molar-refractivity contribution in [3.8, 4) is 5.69 Å². The van der Waals surface area contributed by atoms with Crippen LogP contribution in [-0.2, 0) is 16.1 Å². The molecular weight excluding hydrogens is 410 g/mol. The summed E-state index contributed by atoms with van der Waals surface area (Å²) in [6.45, 7) is 5.81. The molecule has 1 unspecified atom stereocenters. The molecule has 1 N–H and O–H groups in total. The molecule has 3 heterocycles. The SMILES string of the molecule is Cc1nn(-c2ccccc2)c(C)c1C1C(=O)NCCN1CC(=O)N(C)Cc1cccs1. The Bertz CT molecular complexity index is 1060. The maximum Gasteiger partial charge on any atom is 0.242 e. The van der Waals surface area contributed by atoms with E-state index < -0.39 is 6.04 Å². The Balaban J connectivity index is 1.59. The second kappa shape index (κ2) is 9.03. The van der Waals surface area contributed by atoms with Gasteiger partial charge in [-0.25, -0.2) is 4.68 Å². The molecule has 1 aliphatic heterocycles. The van der Waals surface area contributed by atoms with Crippen LogP contribution in [0.4, 0.5) is 0 Å². The number of benzene rings is 1. The van der Waals surface area contributed by atoms with Crippen LogP contribution in [0.25, 0.3) is 5.69 Å². The number of piperazine rings is 1. The normalized spacial score (nSPS) is 16.9. The molecule has 0 spiro atoms. The van der Waals surface area contributed by atoms with E-state index in [1.54, 1.807) is 16.2 Å². The number of carbonyl (C=O) groups is 2. The molecule has 1 aliphatic rings. The fourth-order valence-corrected chi connectivity index (χ4v) is 4.85. The smallest absolute Gasteiger partial charge is 0.242 e. The van der Waals surface area contributed by atoms with Crippen molar-refractivity contribution in [1.82, 2.24) is 24.9 Å². The second-order valence-corrected chi connectivity index (χ2v) is 8.86. The molecule has 3 aromatic rings. The molecule has 1 fully saturated rings. The van der Waals surface area contributed by atoms with Crippen molar-refractivity contribution in [2.45, 2.75) is 26.4 Å². The van der Waals surface area contributed by atoms with E-state index in [1.807, 2.05) is 78.3 Å². The van der Waals surface area contributed by atoms with Gasteiger partial charge in [-0.05, 0) is 37.4 Å². The number of nitrogens with one attached hydrogen (secondary N) is 1. The lowest BCUT2D eigenvalue weighted by Gasteiger charge is -2.35. The van der Waals surface area contributed by atoms with Gasteiger partial charge in [0.15, 0.2) is 0 Å². The van der Waals surface area contributed by atoms with E-state index in [9.17, 15) is 9.59 Å². The summed E-state index contributed by atoms with van der Waals surface area (Å²) >= 11 is 1.63. The zero-order valence-corrected chi connectivity index (χ0v) is 18.9. The highest BCUT2D eigenvalue weighted by Crippen LogP contribution is 2.30. The Morgan fingerprint density at radius 3 is 2.71 bits per heavy atom. The minimum absolute atomic E-state index is 0.00106. The van der Waals surface area contributed by atoms with E-state index in [0.29, 0.717) is 19.6 Å². The molecule has 0 bridgehead atoms. The summed E-state index contributed by atoms with van der Waals surface area (Å²) in [5, 5.41) is 9.68. The van der Waals surface area contributed by atoms with E-state index >= 15 is 0 Å². The first-order chi connectivity index (χ1) is 15.0. The van der Waals surface area contributed by atoms with Gasteiger partial charge in [0, 0.05) is 36.3 Å². The fraction of sp³-hybridized carbons (Fsp3) is 0.348. The van der Waals surface area contributed by atoms with Gasteiger partial charge in [0.25, 0.3) is 0 Å². The largest absolute Gasteiger partial charge is 0.353 e. The first-order valence-corrected chi connectivity index (χ1v) is 11.2. The average molecular weight is 438 g/mol. The van der Waals surface area contributed by atoms with Gasteiger partial charge in [0.1, 0.15) is 6.04 Å². The number of carbonyl (C=O) groups excluding carboxylic acids is 2. The molecule has 8 heteroatoms. The van der Waals surface area contributed by atoms with Crippen LogP contribution < -0.4 is 5.32 Å². The molecule has 2 aromatic heterocycles. The van der Waals surface area contributed by atoms with Crippen LogP contribution in [0.15, 0.2) is 47.8 Å². The highest BCUT2D eigenvalue weighted by molar-refractivity contribution is 7.09. The van der Waals surface area contributed by atoms with Crippen molar-refractivity contribution >= 4 is 23.2 Å². The number of aromatic nitrogens is 2. The molecule has 0 aliphatic carbocycles. The Morgan fingerprint density at radius 1 is 1.23 bits per heavy atom. The van der Waals surface area contributed by atoms with Crippen LogP contribution in [0.3, 0.4) is 0 Å².